The van der Waals surface area contributed by atoms with E-state index in [0.29, 0.717) is 10.9 Å². The molecule has 3 aromatic rings. The molecule has 3 aromatic heterocycles. The normalized spacial score (nSPS) is 18.7. The lowest BCUT2D eigenvalue weighted by molar-refractivity contribution is 0.499. The molecule has 1 aliphatic heterocycles. The fourth-order valence-electron chi connectivity index (χ4n) is 3.05. The van der Waals surface area contributed by atoms with E-state index in [1.165, 1.54) is 21.5 Å². The highest BCUT2D eigenvalue weighted by atomic mass is 32.1. The minimum absolute atomic E-state index is 0.100. The molecule has 0 unspecified atom stereocenters. The molecule has 1 aliphatic rings. The van der Waals surface area contributed by atoms with Crippen molar-refractivity contribution < 1.29 is 0 Å². The van der Waals surface area contributed by atoms with Crippen LogP contribution in [0.3, 0.4) is 0 Å². The average molecular weight is 330 g/mol. The van der Waals surface area contributed by atoms with Crippen LogP contribution in [0.1, 0.15) is 37.1 Å². The van der Waals surface area contributed by atoms with Gasteiger partial charge < -0.3 is 4.90 Å². The van der Waals surface area contributed by atoms with Crippen LogP contribution in [0.5, 0.6) is 0 Å². The fourth-order valence-corrected chi connectivity index (χ4v) is 4.01. The monoisotopic (exact) mass is 330 g/mol. The lowest BCUT2D eigenvalue weighted by Crippen LogP contribution is -2.34. The first-order chi connectivity index (χ1) is 11.2. The van der Waals surface area contributed by atoms with E-state index in [2.05, 4.69) is 25.2 Å². The summed E-state index contributed by atoms with van der Waals surface area (Å²) in [6.07, 6.45) is 4.79. The third-order valence-corrected chi connectivity index (χ3v) is 5.27. The van der Waals surface area contributed by atoms with Crippen molar-refractivity contribution >= 4 is 21.4 Å². The van der Waals surface area contributed by atoms with Crippen LogP contribution in [-0.2, 0) is 6.42 Å². The van der Waals surface area contributed by atoms with Crippen molar-refractivity contribution in [3.05, 3.63) is 40.1 Å². The molecule has 4 heterocycles. The van der Waals surface area contributed by atoms with Crippen molar-refractivity contribution in [2.45, 2.75) is 32.1 Å². The SMILES string of the molecule is CCc1cc(=O)n2nc(N3CCC[C@H](c4ccn[nH]4)C3)sc2n1. The summed E-state index contributed by atoms with van der Waals surface area (Å²) in [5.41, 5.74) is 1.88. The molecule has 1 atom stereocenters. The van der Waals surface area contributed by atoms with Crippen LogP contribution in [0.2, 0.25) is 0 Å². The van der Waals surface area contributed by atoms with Gasteiger partial charge in [-0.3, -0.25) is 9.89 Å². The molecule has 120 valence electrons. The Kier molecular flexibility index (Phi) is 3.60. The van der Waals surface area contributed by atoms with E-state index in [1.54, 1.807) is 12.3 Å². The van der Waals surface area contributed by atoms with Crippen molar-refractivity contribution in [2.75, 3.05) is 18.0 Å². The summed E-state index contributed by atoms with van der Waals surface area (Å²) in [7, 11) is 0. The largest absolute Gasteiger partial charge is 0.346 e. The number of H-pyrrole nitrogens is 1. The molecule has 8 heteroatoms. The maximum absolute atomic E-state index is 12.1. The zero-order valence-corrected chi connectivity index (χ0v) is 13.7. The molecule has 1 fully saturated rings. The molecule has 0 saturated carbocycles. The lowest BCUT2D eigenvalue weighted by Gasteiger charge is -2.31. The standard InChI is InChI=1S/C15H18N6OS/c1-2-11-8-13(22)21-14(17-11)23-15(19-21)20-7-3-4-10(9-20)12-5-6-16-18-12/h5-6,8,10H,2-4,7,9H2,1H3,(H,16,18)/t10-/m0/s1. The Morgan fingerprint density at radius 1 is 1.48 bits per heavy atom. The Balaban J connectivity index is 1.66. The van der Waals surface area contributed by atoms with E-state index < -0.39 is 0 Å². The molecule has 0 amide bonds. The van der Waals surface area contributed by atoms with Gasteiger partial charge in [0.15, 0.2) is 0 Å². The molecule has 0 aromatic carbocycles. The molecule has 0 spiro atoms. The summed E-state index contributed by atoms with van der Waals surface area (Å²) in [5, 5.41) is 12.5. The highest BCUT2D eigenvalue weighted by molar-refractivity contribution is 7.20. The van der Waals surface area contributed by atoms with Gasteiger partial charge in [0.2, 0.25) is 10.1 Å². The second kappa shape index (κ2) is 5.77. The third-order valence-electron chi connectivity index (χ3n) is 4.30. The second-order valence-corrected chi connectivity index (χ2v) is 6.75. The molecular weight excluding hydrogens is 312 g/mol. The number of nitrogens with zero attached hydrogens (tertiary/aromatic N) is 5. The molecular formula is C15H18N6OS. The molecule has 1 N–H and O–H groups in total. The van der Waals surface area contributed by atoms with E-state index in [4.69, 9.17) is 0 Å². The predicted molar refractivity (Wildman–Crippen MR) is 89.3 cm³/mol. The van der Waals surface area contributed by atoms with Gasteiger partial charge >= 0.3 is 0 Å². The molecule has 1 saturated heterocycles. The molecule has 0 aliphatic carbocycles. The zero-order chi connectivity index (χ0) is 15.8. The summed E-state index contributed by atoms with van der Waals surface area (Å²) in [4.78, 5) is 19.6. The minimum Gasteiger partial charge on any atom is -0.346 e. The Hall–Kier alpha value is -2.22. The van der Waals surface area contributed by atoms with Crippen LogP contribution in [0, 0.1) is 0 Å². The number of anilines is 1. The first-order valence-corrected chi connectivity index (χ1v) is 8.70. The number of aryl methyl sites for hydroxylation is 1. The molecule has 0 bridgehead atoms. The first kappa shape index (κ1) is 14.4. The number of fused-ring (bicyclic) bond motifs is 1. The Labute approximate surface area is 137 Å². The van der Waals surface area contributed by atoms with Crippen LogP contribution in [-0.4, -0.2) is 37.9 Å². The fraction of sp³-hybridized carbons (Fsp3) is 0.467. The van der Waals surface area contributed by atoms with Gasteiger partial charge in [-0.2, -0.15) is 9.61 Å². The number of nitrogens with one attached hydrogen (secondary N) is 1. The number of hydrogen-bond acceptors (Lipinski definition) is 6. The van der Waals surface area contributed by atoms with Crippen molar-refractivity contribution in [1.82, 2.24) is 24.8 Å². The number of aromatic amines is 1. The minimum atomic E-state index is -0.100. The summed E-state index contributed by atoms with van der Waals surface area (Å²) in [6.45, 7) is 3.84. The Morgan fingerprint density at radius 3 is 3.17 bits per heavy atom. The van der Waals surface area contributed by atoms with Crippen LogP contribution in [0.4, 0.5) is 5.13 Å². The van der Waals surface area contributed by atoms with Crippen LogP contribution >= 0.6 is 11.3 Å². The molecule has 23 heavy (non-hydrogen) atoms. The lowest BCUT2D eigenvalue weighted by atomic mass is 9.95. The van der Waals surface area contributed by atoms with Crippen molar-refractivity contribution in [3.8, 4) is 0 Å². The van der Waals surface area contributed by atoms with Gasteiger partial charge in [-0.05, 0) is 25.3 Å². The van der Waals surface area contributed by atoms with Gasteiger partial charge in [-0.15, -0.1) is 5.10 Å². The van der Waals surface area contributed by atoms with Crippen LogP contribution in [0.15, 0.2) is 23.1 Å². The summed E-state index contributed by atoms with van der Waals surface area (Å²) in [6, 6.07) is 3.60. The van der Waals surface area contributed by atoms with Gasteiger partial charge in [0.05, 0.1) is 0 Å². The van der Waals surface area contributed by atoms with Crippen molar-refractivity contribution in [2.24, 2.45) is 0 Å². The van der Waals surface area contributed by atoms with Gasteiger partial charge in [-0.1, -0.05) is 18.3 Å². The van der Waals surface area contributed by atoms with Crippen LogP contribution < -0.4 is 10.5 Å². The average Bonchev–Trinajstić information content (AvgIpc) is 3.24. The third kappa shape index (κ3) is 2.63. The van der Waals surface area contributed by atoms with Gasteiger partial charge in [0.25, 0.3) is 5.56 Å². The smallest absolute Gasteiger partial charge is 0.275 e. The number of aromatic nitrogens is 5. The van der Waals surface area contributed by atoms with Gasteiger partial charge in [0, 0.05) is 42.7 Å². The Bertz CT molecular complexity index is 868. The second-order valence-electron chi connectivity index (χ2n) is 5.82. The topological polar surface area (TPSA) is 79.2 Å². The Morgan fingerprint density at radius 2 is 2.39 bits per heavy atom. The van der Waals surface area contributed by atoms with Crippen molar-refractivity contribution in [3.63, 3.8) is 0 Å². The first-order valence-electron chi connectivity index (χ1n) is 7.88. The summed E-state index contributed by atoms with van der Waals surface area (Å²) >= 11 is 1.49. The number of rotatable bonds is 3. The maximum atomic E-state index is 12.1. The molecule has 4 rings (SSSR count). The van der Waals surface area contributed by atoms with E-state index in [1.807, 2.05) is 13.0 Å². The van der Waals surface area contributed by atoms with E-state index in [0.717, 1.165) is 43.2 Å². The van der Waals surface area contributed by atoms with Crippen molar-refractivity contribution in [1.29, 1.82) is 0 Å². The number of hydrogen-bond donors (Lipinski definition) is 1. The van der Waals surface area contributed by atoms with Gasteiger partial charge in [0.1, 0.15) is 0 Å². The van der Waals surface area contributed by atoms with E-state index in [-0.39, 0.29) is 5.56 Å². The highest BCUT2D eigenvalue weighted by Crippen LogP contribution is 2.30. The molecule has 0 radical (unpaired) electrons. The number of piperidine rings is 1. The molecule has 7 nitrogen and oxygen atoms in total. The maximum Gasteiger partial charge on any atom is 0.275 e. The van der Waals surface area contributed by atoms with Gasteiger partial charge in [-0.25, -0.2) is 4.98 Å². The van der Waals surface area contributed by atoms with E-state index >= 15 is 0 Å². The summed E-state index contributed by atoms with van der Waals surface area (Å²) < 4.78 is 1.42. The highest BCUT2D eigenvalue weighted by Gasteiger charge is 2.25. The van der Waals surface area contributed by atoms with Crippen LogP contribution in [0.25, 0.3) is 4.96 Å². The summed E-state index contributed by atoms with van der Waals surface area (Å²) in [5.74, 6) is 0.425. The van der Waals surface area contributed by atoms with E-state index in [9.17, 15) is 4.79 Å². The quantitative estimate of drug-likeness (QED) is 0.792. The predicted octanol–water partition coefficient (Wildman–Crippen LogP) is 1.82. The zero-order valence-electron chi connectivity index (χ0n) is 12.9.